The van der Waals surface area contributed by atoms with Crippen molar-refractivity contribution in [3.05, 3.63) is 70.8 Å². The van der Waals surface area contributed by atoms with Crippen molar-refractivity contribution in [1.82, 2.24) is 5.32 Å². The summed E-state index contributed by atoms with van der Waals surface area (Å²) in [5.74, 6) is -9.04. The van der Waals surface area contributed by atoms with Gasteiger partial charge >= 0.3 is 11.8 Å². The van der Waals surface area contributed by atoms with Crippen LogP contribution < -0.4 is 5.32 Å². The summed E-state index contributed by atoms with van der Waals surface area (Å²) < 4.78 is 58.2. The molecule has 1 aliphatic rings. The molecular weight excluding hydrogens is 294 g/mol. The molecule has 0 saturated heterocycles. The molecule has 0 amide bonds. The molecule has 3 rings (SSSR count). The van der Waals surface area contributed by atoms with Gasteiger partial charge in [-0.25, -0.2) is 0 Å². The molecule has 0 heterocycles. The van der Waals surface area contributed by atoms with Crippen molar-refractivity contribution in [2.75, 3.05) is 13.6 Å². The minimum atomic E-state index is -4.25. The predicted molar refractivity (Wildman–Crippen MR) is 76.4 cm³/mol. The van der Waals surface area contributed by atoms with Gasteiger partial charge in [-0.1, -0.05) is 48.5 Å². The summed E-state index contributed by atoms with van der Waals surface area (Å²) in [5.41, 5.74) is -0.717. The lowest BCUT2D eigenvalue weighted by Gasteiger charge is -2.26. The number of rotatable bonds is 2. The number of benzene rings is 2. The van der Waals surface area contributed by atoms with Crippen molar-refractivity contribution in [1.29, 1.82) is 0 Å². The topological polar surface area (TPSA) is 12.0 Å². The van der Waals surface area contributed by atoms with Gasteiger partial charge in [-0.15, -0.1) is 0 Å². The molecule has 0 aliphatic heterocycles. The molecule has 0 bridgehead atoms. The van der Waals surface area contributed by atoms with Gasteiger partial charge in [-0.2, -0.15) is 17.6 Å². The standard InChI is InChI=1S/C17H15F4N/c1-22-10-13-11-6-2-4-8-14(11)16(18,19)17(20,21)15-9-5-3-7-12(13)15/h2-9,13,22H,10H2,1H3. The number of hydrogen-bond donors (Lipinski definition) is 1. The fourth-order valence-electron chi connectivity index (χ4n) is 3.10. The van der Waals surface area contributed by atoms with Gasteiger partial charge in [0, 0.05) is 23.6 Å². The summed E-state index contributed by atoms with van der Waals surface area (Å²) in [7, 11) is 1.67. The molecule has 1 nitrogen and oxygen atoms in total. The highest BCUT2D eigenvalue weighted by molar-refractivity contribution is 5.50. The number of alkyl halides is 4. The first-order valence-corrected chi connectivity index (χ1v) is 7.00. The van der Waals surface area contributed by atoms with E-state index in [0.29, 0.717) is 6.54 Å². The predicted octanol–water partition coefficient (Wildman–Crippen LogP) is 4.24. The second kappa shape index (κ2) is 5.09. The van der Waals surface area contributed by atoms with Gasteiger partial charge in [0.15, 0.2) is 0 Å². The average Bonchev–Trinajstić information content (AvgIpc) is 2.56. The van der Waals surface area contributed by atoms with Crippen LogP contribution in [0.1, 0.15) is 28.2 Å². The Morgan fingerprint density at radius 1 is 0.818 bits per heavy atom. The average molecular weight is 309 g/mol. The van der Waals surface area contributed by atoms with Crippen molar-refractivity contribution in [3.8, 4) is 0 Å². The van der Waals surface area contributed by atoms with Crippen LogP contribution >= 0.6 is 0 Å². The molecule has 2 aromatic carbocycles. The van der Waals surface area contributed by atoms with Crippen LogP contribution in [0, 0.1) is 0 Å². The highest BCUT2D eigenvalue weighted by atomic mass is 19.3. The molecule has 1 aliphatic carbocycles. The zero-order chi connectivity index (χ0) is 16.0. The first-order chi connectivity index (χ1) is 10.4. The zero-order valence-electron chi connectivity index (χ0n) is 11.9. The third-order valence-corrected chi connectivity index (χ3v) is 4.15. The van der Waals surface area contributed by atoms with Gasteiger partial charge in [0.25, 0.3) is 0 Å². The SMILES string of the molecule is CNCC1c2ccccc2C(F)(F)C(F)(F)c2ccccc21. The molecule has 0 spiro atoms. The molecule has 0 fully saturated rings. The Bertz CT molecular complexity index is 639. The molecule has 116 valence electrons. The monoisotopic (exact) mass is 309 g/mol. The van der Waals surface area contributed by atoms with Crippen LogP contribution in [-0.2, 0) is 11.8 Å². The summed E-state index contributed by atoms with van der Waals surface area (Å²) in [5, 5.41) is 2.91. The molecule has 2 aromatic rings. The molecule has 0 saturated carbocycles. The van der Waals surface area contributed by atoms with E-state index in [1.54, 1.807) is 19.2 Å². The van der Waals surface area contributed by atoms with Crippen LogP contribution in [0.4, 0.5) is 17.6 Å². The van der Waals surface area contributed by atoms with Gasteiger partial charge in [0.2, 0.25) is 0 Å². The largest absolute Gasteiger partial charge is 0.340 e. The number of halogens is 4. The maximum Gasteiger partial charge on any atom is 0.340 e. The maximum absolute atomic E-state index is 14.6. The summed E-state index contributed by atoms with van der Waals surface area (Å²) >= 11 is 0. The lowest BCUT2D eigenvalue weighted by atomic mass is 9.88. The van der Waals surface area contributed by atoms with Gasteiger partial charge in [-0.3, -0.25) is 0 Å². The fraction of sp³-hybridized carbons (Fsp3) is 0.294. The number of fused-ring (bicyclic) bond motifs is 2. The Balaban J connectivity index is 2.38. The third kappa shape index (κ3) is 1.96. The fourth-order valence-corrected chi connectivity index (χ4v) is 3.10. The van der Waals surface area contributed by atoms with Gasteiger partial charge in [0.1, 0.15) is 0 Å². The molecule has 0 radical (unpaired) electrons. The number of nitrogens with one attached hydrogen (secondary N) is 1. The highest BCUT2D eigenvalue weighted by Gasteiger charge is 2.61. The summed E-state index contributed by atoms with van der Waals surface area (Å²) in [6.45, 7) is 0.306. The second-order valence-electron chi connectivity index (χ2n) is 5.43. The van der Waals surface area contributed by atoms with Gasteiger partial charge < -0.3 is 5.32 Å². The minimum absolute atomic E-state index is 0.242. The zero-order valence-corrected chi connectivity index (χ0v) is 11.9. The van der Waals surface area contributed by atoms with E-state index in [4.69, 9.17) is 0 Å². The molecular formula is C17H15F4N. The van der Waals surface area contributed by atoms with E-state index in [1.165, 1.54) is 24.3 Å². The molecule has 22 heavy (non-hydrogen) atoms. The Labute approximate surface area is 126 Å². The highest BCUT2D eigenvalue weighted by Crippen LogP contribution is 2.55. The number of likely N-dealkylation sites (N-methyl/N-ethyl adjacent to an activating group) is 1. The summed E-state index contributed by atoms with van der Waals surface area (Å²) in [4.78, 5) is 0. The first-order valence-electron chi connectivity index (χ1n) is 7.00. The van der Waals surface area contributed by atoms with Crippen molar-refractivity contribution >= 4 is 0 Å². The normalized spacial score (nSPS) is 19.1. The van der Waals surface area contributed by atoms with Gasteiger partial charge in [-0.05, 0) is 18.2 Å². The smallest absolute Gasteiger partial charge is 0.319 e. The first kappa shape index (κ1) is 15.0. The minimum Gasteiger partial charge on any atom is -0.319 e. The lowest BCUT2D eigenvalue weighted by Crippen LogP contribution is -2.35. The van der Waals surface area contributed by atoms with E-state index in [-0.39, 0.29) is 11.1 Å². The molecule has 1 N–H and O–H groups in total. The third-order valence-electron chi connectivity index (χ3n) is 4.15. The molecule has 0 aromatic heterocycles. The van der Waals surface area contributed by atoms with E-state index in [2.05, 4.69) is 5.32 Å². The van der Waals surface area contributed by atoms with Crippen LogP contribution in [0.15, 0.2) is 48.5 Å². The van der Waals surface area contributed by atoms with E-state index >= 15 is 0 Å². The van der Waals surface area contributed by atoms with E-state index < -0.39 is 28.9 Å². The van der Waals surface area contributed by atoms with Gasteiger partial charge in [0.05, 0.1) is 0 Å². The summed E-state index contributed by atoms with van der Waals surface area (Å²) in [6.07, 6.45) is 0. The van der Waals surface area contributed by atoms with E-state index in [9.17, 15) is 17.6 Å². The molecule has 0 unspecified atom stereocenters. The number of hydrogen-bond acceptors (Lipinski definition) is 1. The van der Waals surface area contributed by atoms with Crippen LogP contribution in [0.2, 0.25) is 0 Å². The van der Waals surface area contributed by atoms with Crippen LogP contribution in [0.25, 0.3) is 0 Å². The van der Waals surface area contributed by atoms with Crippen molar-refractivity contribution in [2.45, 2.75) is 17.8 Å². The van der Waals surface area contributed by atoms with Crippen molar-refractivity contribution in [2.24, 2.45) is 0 Å². The second-order valence-corrected chi connectivity index (χ2v) is 5.43. The van der Waals surface area contributed by atoms with Crippen molar-refractivity contribution in [3.63, 3.8) is 0 Å². The molecule has 5 heteroatoms. The van der Waals surface area contributed by atoms with E-state index in [0.717, 1.165) is 12.1 Å². The van der Waals surface area contributed by atoms with Crippen molar-refractivity contribution < 1.29 is 17.6 Å². The quantitative estimate of drug-likeness (QED) is 0.818. The van der Waals surface area contributed by atoms with Crippen LogP contribution in [-0.4, -0.2) is 13.6 Å². The molecule has 0 atom stereocenters. The Morgan fingerprint density at radius 2 is 1.23 bits per heavy atom. The van der Waals surface area contributed by atoms with Crippen LogP contribution in [0.3, 0.4) is 0 Å². The summed E-state index contributed by atoms with van der Waals surface area (Å²) in [6, 6.07) is 11.1. The Hall–Kier alpha value is -1.88. The van der Waals surface area contributed by atoms with Crippen LogP contribution in [0.5, 0.6) is 0 Å². The Morgan fingerprint density at radius 3 is 1.64 bits per heavy atom. The Kier molecular flexibility index (Phi) is 3.48. The lowest BCUT2D eigenvalue weighted by molar-refractivity contribution is -0.223. The van der Waals surface area contributed by atoms with E-state index in [1.807, 2.05) is 0 Å². The maximum atomic E-state index is 14.6.